The van der Waals surface area contributed by atoms with Gasteiger partial charge in [-0.25, -0.2) is 8.78 Å². The van der Waals surface area contributed by atoms with Gasteiger partial charge in [0.2, 0.25) is 0 Å². The van der Waals surface area contributed by atoms with E-state index in [1.165, 1.54) is 12.1 Å². The van der Waals surface area contributed by atoms with Crippen molar-refractivity contribution < 1.29 is 18.6 Å². The molecule has 242 valence electrons. The Balaban J connectivity index is 1.25. The van der Waals surface area contributed by atoms with Gasteiger partial charge in [0, 0.05) is 55.6 Å². The van der Waals surface area contributed by atoms with Gasteiger partial charge in [-0.2, -0.15) is 9.97 Å². The average Bonchev–Trinajstić information content (AvgIpc) is 3.73. The second-order valence-electron chi connectivity index (χ2n) is 13.4. The summed E-state index contributed by atoms with van der Waals surface area (Å²) < 4.78 is 39.5. The molecule has 8 heterocycles. The zero-order valence-corrected chi connectivity index (χ0v) is 26.4. The number of phenols is 1. The first-order valence-electron chi connectivity index (χ1n) is 16.4. The molecule has 3 atom stereocenters. The summed E-state index contributed by atoms with van der Waals surface area (Å²) in [5.41, 5.74) is 1.84. The Hall–Kier alpha value is -3.64. The number of fused-ring (bicyclic) bond motifs is 5. The summed E-state index contributed by atoms with van der Waals surface area (Å²) in [6.07, 6.45) is 9.92. The topological polar surface area (TPSA) is 105 Å². The summed E-state index contributed by atoms with van der Waals surface area (Å²) in [7, 11) is 0. The summed E-state index contributed by atoms with van der Waals surface area (Å²) >= 11 is 6.65. The number of aromatic hydroxyl groups is 1. The van der Waals surface area contributed by atoms with Crippen molar-refractivity contribution >= 4 is 28.3 Å². The molecule has 3 aromatic heterocycles. The third kappa shape index (κ3) is 5.42. The van der Waals surface area contributed by atoms with Crippen LogP contribution in [0, 0.1) is 11.7 Å². The van der Waals surface area contributed by atoms with Crippen molar-refractivity contribution in [3.05, 3.63) is 46.6 Å². The monoisotopic (exact) mass is 650 g/mol. The van der Waals surface area contributed by atoms with E-state index in [1.54, 1.807) is 6.20 Å². The predicted molar refractivity (Wildman–Crippen MR) is 170 cm³/mol. The van der Waals surface area contributed by atoms with Crippen molar-refractivity contribution in [1.29, 1.82) is 0 Å². The number of aromatic nitrogens is 6. The van der Waals surface area contributed by atoms with Crippen molar-refractivity contribution in [1.82, 2.24) is 34.8 Å². The van der Waals surface area contributed by atoms with Gasteiger partial charge < -0.3 is 14.7 Å². The molecule has 46 heavy (non-hydrogen) atoms. The zero-order valence-electron chi connectivity index (χ0n) is 25.6. The molecule has 9 rings (SSSR count). The maximum absolute atomic E-state index is 16.8. The van der Waals surface area contributed by atoms with Crippen LogP contribution in [-0.4, -0.2) is 84.4 Å². The number of alkyl halides is 1. The lowest BCUT2D eigenvalue weighted by atomic mass is 9.93. The Morgan fingerprint density at radius 2 is 2.00 bits per heavy atom. The van der Waals surface area contributed by atoms with Gasteiger partial charge in [0.15, 0.2) is 5.82 Å². The Morgan fingerprint density at radius 3 is 2.91 bits per heavy atom. The lowest BCUT2D eigenvalue weighted by molar-refractivity contribution is 0.107. The van der Waals surface area contributed by atoms with Crippen molar-refractivity contribution in [3.8, 4) is 23.0 Å². The van der Waals surface area contributed by atoms with Crippen LogP contribution in [0.2, 0.25) is 5.02 Å². The zero-order chi connectivity index (χ0) is 31.4. The molecule has 0 amide bonds. The van der Waals surface area contributed by atoms with E-state index in [0.29, 0.717) is 65.7 Å². The number of hydrogen-bond acceptors (Lipinski definition) is 9. The Kier molecular flexibility index (Phi) is 7.67. The van der Waals surface area contributed by atoms with Gasteiger partial charge in [-0.05, 0) is 81.5 Å². The Morgan fingerprint density at radius 1 is 1.09 bits per heavy atom. The van der Waals surface area contributed by atoms with Gasteiger partial charge in [-0.15, -0.1) is 5.10 Å². The van der Waals surface area contributed by atoms with Crippen LogP contribution in [0.5, 0.6) is 11.8 Å². The number of rotatable bonds is 3. The van der Waals surface area contributed by atoms with Gasteiger partial charge in [0.25, 0.3) is 0 Å². The van der Waals surface area contributed by atoms with Crippen molar-refractivity contribution in [2.45, 2.75) is 76.0 Å². The van der Waals surface area contributed by atoms with E-state index in [9.17, 15) is 9.50 Å². The predicted octanol–water partition coefficient (Wildman–Crippen LogP) is 5.53. The number of piperidine rings is 1. The second-order valence-corrected chi connectivity index (χ2v) is 13.8. The number of halogens is 3. The third-order valence-electron chi connectivity index (χ3n) is 10.3. The average molecular weight is 651 g/mol. The smallest absolute Gasteiger partial charge is 0.319 e. The first-order chi connectivity index (χ1) is 22.3. The van der Waals surface area contributed by atoms with E-state index in [2.05, 4.69) is 30.1 Å². The number of phenolic OH excluding ortho intramolecular Hbond substituents is 1. The number of ether oxygens (including phenoxy) is 1. The van der Waals surface area contributed by atoms with Gasteiger partial charge in [-0.3, -0.25) is 14.6 Å². The molecule has 3 unspecified atom stereocenters. The SMILES string of the molecule is Oc1cc(Cl)c2c(c1)-c1ncc3c(nc(OCC45CCCN4CC(F)C5)nc3c1F)N1CCCC(Cc3cn(nn3)CCCC2)C1. The Bertz CT molecular complexity index is 1790. The summed E-state index contributed by atoms with van der Waals surface area (Å²) in [5.74, 6) is 0.183. The fraction of sp³-hybridized carbons (Fsp3) is 0.545. The molecule has 5 aliphatic rings. The minimum Gasteiger partial charge on any atom is -0.508 e. The molecule has 8 bridgehead atoms. The standard InChI is InChI=1S/C33H37ClF2N8O2/c34-27-13-23(45)12-25-24(27)6-1-2-10-44-18-22(40-41-44)11-20-5-3-8-42(16-20)31-26-15-37-29(25)28(36)30(26)38-32(39-31)46-19-33-7-4-9-43(33)17-21(35)14-33/h12-13,15,18,20-21,45H,1-11,14,16-17,19H2. The van der Waals surface area contributed by atoms with Crippen LogP contribution in [0.25, 0.3) is 22.2 Å². The molecular weight excluding hydrogens is 614 g/mol. The minimum absolute atomic E-state index is 0.0612. The van der Waals surface area contributed by atoms with Crippen molar-refractivity contribution in [2.75, 3.05) is 37.7 Å². The molecule has 4 aromatic rings. The van der Waals surface area contributed by atoms with Gasteiger partial charge in [0.05, 0.1) is 16.6 Å². The quantitative estimate of drug-likeness (QED) is 0.306. The largest absolute Gasteiger partial charge is 0.508 e. The van der Waals surface area contributed by atoms with Crippen molar-refractivity contribution in [3.63, 3.8) is 0 Å². The number of pyridine rings is 1. The van der Waals surface area contributed by atoms with Crippen LogP contribution in [-0.2, 0) is 19.4 Å². The van der Waals surface area contributed by atoms with Crippen LogP contribution in [0.15, 0.2) is 24.5 Å². The van der Waals surface area contributed by atoms with Crippen molar-refractivity contribution in [2.24, 2.45) is 5.92 Å². The summed E-state index contributed by atoms with van der Waals surface area (Å²) in [4.78, 5) is 18.4. The molecule has 0 radical (unpaired) electrons. The highest BCUT2D eigenvalue weighted by atomic mass is 35.5. The Labute approximate surface area is 270 Å². The van der Waals surface area contributed by atoms with Gasteiger partial charge in [-0.1, -0.05) is 16.8 Å². The summed E-state index contributed by atoms with van der Waals surface area (Å²) in [5, 5.41) is 20.2. The number of benzene rings is 1. The molecule has 0 aliphatic carbocycles. The first kappa shape index (κ1) is 29.7. The van der Waals surface area contributed by atoms with E-state index in [4.69, 9.17) is 21.3 Å². The number of hydrogen-bond donors (Lipinski definition) is 1. The maximum Gasteiger partial charge on any atom is 0.319 e. The molecule has 13 heteroatoms. The lowest BCUT2D eigenvalue weighted by Crippen LogP contribution is -2.43. The molecule has 1 aromatic carbocycles. The van der Waals surface area contributed by atoms with Crippen LogP contribution in [0.3, 0.4) is 0 Å². The van der Waals surface area contributed by atoms with Gasteiger partial charge in [0.1, 0.15) is 35.6 Å². The molecule has 5 aliphatic heterocycles. The molecule has 3 saturated heterocycles. The number of anilines is 1. The normalized spacial score (nSPS) is 25.1. The lowest BCUT2D eigenvalue weighted by Gasteiger charge is -2.34. The number of nitrogens with zero attached hydrogens (tertiary/aromatic N) is 8. The molecule has 3 fully saturated rings. The molecule has 10 nitrogen and oxygen atoms in total. The van der Waals surface area contributed by atoms with E-state index in [-0.39, 0.29) is 29.6 Å². The molecule has 0 spiro atoms. The van der Waals surface area contributed by atoms with Crippen LogP contribution in [0.4, 0.5) is 14.6 Å². The highest BCUT2D eigenvalue weighted by Gasteiger charge is 2.49. The molecule has 1 N–H and O–H groups in total. The van der Waals surface area contributed by atoms with Crippen LogP contribution >= 0.6 is 11.6 Å². The molecule has 0 saturated carbocycles. The third-order valence-corrected chi connectivity index (χ3v) is 10.6. The maximum atomic E-state index is 16.8. The molecular formula is C33H37ClF2N8O2. The minimum atomic E-state index is -0.890. The fourth-order valence-electron chi connectivity index (χ4n) is 8.09. The second kappa shape index (κ2) is 11.9. The summed E-state index contributed by atoms with van der Waals surface area (Å²) in [6, 6.07) is 3.05. The van der Waals surface area contributed by atoms with Crippen LogP contribution < -0.4 is 9.64 Å². The van der Waals surface area contributed by atoms with Crippen LogP contribution in [0.1, 0.15) is 56.2 Å². The number of aryl methyl sites for hydroxylation is 1. The van der Waals surface area contributed by atoms with E-state index >= 15 is 4.39 Å². The van der Waals surface area contributed by atoms with E-state index in [0.717, 1.165) is 63.7 Å². The van der Waals surface area contributed by atoms with E-state index in [1.807, 2.05) is 10.9 Å². The van der Waals surface area contributed by atoms with E-state index < -0.39 is 17.5 Å². The summed E-state index contributed by atoms with van der Waals surface area (Å²) in [6.45, 7) is 3.65. The highest BCUT2D eigenvalue weighted by molar-refractivity contribution is 6.32. The highest BCUT2D eigenvalue weighted by Crippen LogP contribution is 2.42. The van der Waals surface area contributed by atoms with Gasteiger partial charge >= 0.3 is 6.01 Å². The first-order valence-corrected chi connectivity index (χ1v) is 16.8. The fourth-order valence-corrected chi connectivity index (χ4v) is 8.40.